The summed E-state index contributed by atoms with van der Waals surface area (Å²) in [5, 5.41) is 5.17. The number of rotatable bonds is 4. The Labute approximate surface area is 205 Å². The summed E-state index contributed by atoms with van der Waals surface area (Å²) in [6.07, 6.45) is 2.03. The van der Waals surface area contributed by atoms with Crippen LogP contribution in [-0.2, 0) is 12.7 Å². The normalized spacial score (nSPS) is 25.4. The van der Waals surface area contributed by atoms with Gasteiger partial charge < -0.3 is 9.80 Å². The molecule has 5 aliphatic rings. The Balaban J connectivity index is 0.850. The number of carbonyl (C=O) groups is 1. The monoisotopic (exact) mass is 507 g/mol. The number of halogens is 3. The fraction of sp³-hybridized carbons (Fsp3) is 0.739. The second-order valence-electron chi connectivity index (χ2n) is 11.6. The van der Waals surface area contributed by atoms with Crippen molar-refractivity contribution >= 4 is 17.4 Å². The lowest BCUT2D eigenvalue weighted by Crippen LogP contribution is -2.75. The van der Waals surface area contributed by atoms with Crippen LogP contribution in [0.1, 0.15) is 59.0 Å². The van der Waals surface area contributed by atoms with Crippen LogP contribution in [-0.4, -0.2) is 79.7 Å². The Morgan fingerprint density at radius 2 is 1.74 bits per heavy atom. The van der Waals surface area contributed by atoms with Crippen molar-refractivity contribution in [3.63, 3.8) is 0 Å². The van der Waals surface area contributed by atoms with Gasteiger partial charge in [-0.25, -0.2) is 19.4 Å². The molecule has 0 radical (unpaired) electrons. The van der Waals surface area contributed by atoms with E-state index in [-0.39, 0.29) is 21.7 Å². The topological polar surface area (TPSA) is 70.4 Å². The summed E-state index contributed by atoms with van der Waals surface area (Å²) in [6.45, 7) is 6.66. The highest BCUT2D eigenvalue weighted by Crippen LogP contribution is 2.54. The molecule has 2 amide bonds. The summed E-state index contributed by atoms with van der Waals surface area (Å²) in [6, 6.07) is 0.541. The van der Waals surface area contributed by atoms with Gasteiger partial charge in [-0.3, -0.25) is 4.90 Å². The number of urea groups is 1. The second kappa shape index (κ2) is 7.18. The van der Waals surface area contributed by atoms with Gasteiger partial charge in [-0.15, -0.1) is 11.3 Å². The molecule has 3 aliphatic heterocycles. The smallest absolute Gasteiger partial charge is 0.323 e. The zero-order valence-electron chi connectivity index (χ0n) is 19.6. The van der Waals surface area contributed by atoms with Crippen LogP contribution in [0.2, 0.25) is 0 Å². The van der Waals surface area contributed by atoms with E-state index in [0.29, 0.717) is 23.5 Å². The first-order valence-electron chi connectivity index (χ1n) is 12.3. The van der Waals surface area contributed by atoms with Crippen molar-refractivity contribution < 1.29 is 18.0 Å². The zero-order chi connectivity index (χ0) is 24.2. The molecule has 2 aromatic rings. The van der Waals surface area contributed by atoms with Crippen molar-refractivity contribution in [3.05, 3.63) is 27.7 Å². The summed E-state index contributed by atoms with van der Waals surface area (Å²) in [7, 11) is 0. The summed E-state index contributed by atoms with van der Waals surface area (Å²) in [5.41, 5.74) is -0.406. The summed E-state index contributed by atoms with van der Waals surface area (Å²) in [4.78, 5) is 27.4. The number of nitrogens with zero attached hydrogens (tertiary/aromatic N) is 7. The van der Waals surface area contributed by atoms with Crippen LogP contribution in [0.4, 0.5) is 18.0 Å². The summed E-state index contributed by atoms with van der Waals surface area (Å²) in [5.74, 6) is 1.56. The number of alkyl halides is 3. The van der Waals surface area contributed by atoms with Crippen LogP contribution in [0.15, 0.2) is 6.33 Å². The highest BCUT2D eigenvalue weighted by Gasteiger charge is 2.58. The fourth-order valence-corrected chi connectivity index (χ4v) is 7.56. The van der Waals surface area contributed by atoms with Crippen LogP contribution in [0.3, 0.4) is 0 Å². The van der Waals surface area contributed by atoms with Gasteiger partial charge in [0.15, 0.2) is 11.5 Å². The SMILES string of the molecule is Cc1sc(CN2CC3(C2)CN(C(=O)N2CC4(CC(n5cnc(C6CC6)n5)C4)C2)C3)nc1C(F)(F)F. The third-order valence-corrected chi connectivity index (χ3v) is 9.37. The molecule has 35 heavy (non-hydrogen) atoms. The highest BCUT2D eigenvalue weighted by atomic mass is 32.1. The number of hydrogen-bond acceptors (Lipinski definition) is 6. The van der Waals surface area contributed by atoms with Crippen LogP contribution in [0.5, 0.6) is 0 Å². The van der Waals surface area contributed by atoms with E-state index in [9.17, 15) is 18.0 Å². The van der Waals surface area contributed by atoms with E-state index >= 15 is 0 Å². The maximum Gasteiger partial charge on any atom is 0.434 e. The Bertz CT molecular complexity index is 1160. The quantitative estimate of drug-likeness (QED) is 0.634. The van der Waals surface area contributed by atoms with Crippen LogP contribution in [0.25, 0.3) is 0 Å². The summed E-state index contributed by atoms with van der Waals surface area (Å²) < 4.78 is 41.0. The van der Waals surface area contributed by atoms with E-state index in [2.05, 4.69) is 20.0 Å². The molecule has 5 fully saturated rings. The van der Waals surface area contributed by atoms with Gasteiger partial charge in [-0.1, -0.05) is 0 Å². The minimum Gasteiger partial charge on any atom is -0.323 e. The van der Waals surface area contributed by atoms with Crippen LogP contribution in [0, 0.1) is 17.8 Å². The molecule has 0 aromatic carbocycles. The average molecular weight is 508 g/mol. The molecule has 2 aromatic heterocycles. The fourth-order valence-electron chi connectivity index (χ4n) is 6.56. The third kappa shape index (κ3) is 3.66. The molecule has 2 saturated carbocycles. The van der Waals surface area contributed by atoms with E-state index in [1.165, 1.54) is 19.8 Å². The number of carbonyl (C=O) groups excluding carboxylic acids is 1. The third-order valence-electron chi connectivity index (χ3n) is 8.41. The standard InChI is InChI=1S/C23H28F3N7OS/c1-14-18(23(24,25)26)28-17(35-14)6-30-7-22(8-30)11-32(12-22)20(34)31-9-21(10-31)4-16(5-21)33-13-27-19(29-33)15-2-3-15/h13,15-16H,2-12H2,1H3. The number of thiazole rings is 1. The Morgan fingerprint density at radius 1 is 1.09 bits per heavy atom. The van der Waals surface area contributed by atoms with Crippen LogP contribution < -0.4 is 0 Å². The lowest BCUT2D eigenvalue weighted by molar-refractivity contribution is -0.141. The van der Waals surface area contributed by atoms with Gasteiger partial charge >= 0.3 is 12.2 Å². The second-order valence-corrected chi connectivity index (χ2v) is 12.9. The zero-order valence-corrected chi connectivity index (χ0v) is 20.4. The molecular formula is C23H28F3N7OS. The van der Waals surface area contributed by atoms with E-state index in [4.69, 9.17) is 0 Å². The van der Waals surface area contributed by atoms with Crippen LogP contribution >= 0.6 is 11.3 Å². The van der Waals surface area contributed by atoms with Gasteiger partial charge in [0.25, 0.3) is 0 Å². The number of aromatic nitrogens is 4. The molecule has 0 bridgehead atoms. The van der Waals surface area contributed by atoms with Gasteiger partial charge in [-0.2, -0.15) is 18.3 Å². The van der Waals surface area contributed by atoms with Crippen molar-refractivity contribution in [3.8, 4) is 0 Å². The van der Waals surface area contributed by atoms with E-state index < -0.39 is 11.9 Å². The largest absolute Gasteiger partial charge is 0.434 e. The van der Waals surface area contributed by atoms with Crippen molar-refractivity contribution in [2.45, 2.75) is 57.3 Å². The number of hydrogen-bond donors (Lipinski definition) is 0. The minimum absolute atomic E-state index is 0.102. The number of amides is 2. The molecule has 5 heterocycles. The molecule has 8 nitrogen and oxygen atoms in total. The maximum atomic E-state index is 13.0. The van der Waals surface area contributed by atoms with Gasteiger partial charge in [0.1, 0.15) is 11.3 Å². The van der Waals surface area contributed by atoms with E-state index in [0.717, 1.165) is 69.3 Å². The van der Waals surface area contributed by atoms with E-state index in [1.54, 1.807) is 0 Å². The van der Waals surface area contributed by atoms with Gasteiger partial charge in [0, 0.05) is 60.9 Å². The molecule has 188 valence electrons. The molecule has 0 N–H and O–H groups in total. The Morgan fingerprint density at radius 3 is 2.34 bits per heavy atom. The molecule has 12 heteroatoms. The molecule has 7 rings (SSSR count). The molecule has 3 saturated heterocycles. The average Bonchev–Trinajstić information content (AvgIpc) is 3.28. The van der Waals surface area contributed by atoms with Crippen molar-refractivity contribution in [1.82, 2.24) is 34.4 Å². The first-order chi connectivity index (χ1) is 16.6. The molecule has 0 atom stereocenters. The van der Waals surface area contributed by atoms with Crippen molar-refractivity contribution in [2.24, 2.45) is 10.8 Å². The molecule has 0 unspecified atom stereocenters. The van der Waals surface area contributed by atoms with Gasteiger partial charge in [0.05, 0.1) is 12.6 Å². The number of aryl methyl sites for hydroxylation is 1. The predicted molar refractivity (Wildman–Crippen MR) is 121 cm³/mol. The van der Waals surface area contributed by atoms with E-state index in [1.807, 2.05) is 20.8 Å². The molecular weight excluding hydrogens is 479 g/mol. The maximum absolute atomic E-state index is 13.0. The lowest BCUT2D eigenvalue weighted by atomic mass is 9.60. The molecule has 2 aliphatic carbocycles. The minimum atomic E-state index is -4.39. The van der Waals surface area contributed by atoms with Gasteiger partial charge in [-0.05, 0) is 32.6 Å². The lowest BCUT2D eigenvalue weighted by Gasteiger charge is -2.63. The highest BCUT2D eigenvalue weighted by molar-refractivity contribution is 7.11. The first-order valence-corrected chi connectivity index (χ1v) is 13.1. The first kappa shape index (κ1) is 22.0. The van der Waals surface area contributed by atoms with Crippen molar-refractivity contribution in [1.29, 1.82) is 0 Å². The van der Waals surface area contributed by atoms with Crippen molar-refractivity contribution in [2.75, 3.05) is 39.3 Å². The Hall–Kier alpha value is -2.21. The Kier molecular flexibility index (Phi) is 4.52. The predicted octanol–water partition coefficient (Wildman–Crippen LogP) is 3.51. The summed E-state index contributed by atoms with van der Waals surface area (Å²) >= 11 is 1.12. The number of likely N-dealkylation sites (tertiary alicyclic amines) is 3. The van der Waals surface area contributed by atoms with Gasteiger partial charge in [0.2, 0.25) is 0 Å². The molecule has 2 spiro atoms.